The van der Waals surface area contributed by atoms with Crippen molar-refractivity contribution < 1.29 is 22.7 Å². The molecular weight excluding hydrogens is 387 g/mol. The monoisotopic (exact) mass is 400 g/mol. The molecule has 0 atom stereocenters. The maximum Gasteiger partial charge on any atom is 0.356 e. The Labute approximate surface area is 159 Å². The van der Waals surface area contributed by atoms with Crippen LogP contribution in [0.2, 0.25) is 0 Å². The number of nitrogens with zero attached hydrogens (tertiary/aromatic N) is 3. The Morgan fingerprint density at radius 1 is 1.18 bits per heavy atom. The second-order valence-corrected chi connectivity index (χ2v) is 7.43. The lowest BCUT2D eigenvalue weighted by molar-refractivity contribution is 0.0686. The maximum atomic E-state index is 13.2. The molecule has 2 N–H and O–H groups in total. The fourth-order valence-corrected chi connectivity index (χ4v) is 3.65. The molecule has 1 heterocycles. The lowest BCUT2D eigenvalue weighted by Crippen LogP contribution is -2.16. The first-order valence-electron chi connectivity index (χ1n) is 7.82. The maximum absolute atomic E-state index is 13.2. The van der Waals surface area contributed by atoms with Crippen LogP contribution in [0.25, 0.3) is 11.3 Å². The third-order valence-corrected chi connectivity index (χ3v) is 5.26. The summed E-state index contributed by atoms with van der Waals surface area (Å²) < 4.78 is 42.0. The summed E-state index contributed by atoms with van der Waals surface area (Å²) in [5.41, 5.74) is 0.0280. The molecule has 3 aromatic rings. The van der Waals surface area contributed by atoms with Crippen molar-refractivity contribution in [3.05, 3.63) is 65.6 Å². The molecule has 3 rings (SSSR count). The second kappa shape index (κ2) is 7.13. The molecule has 142 valence electrons. The van der Waals surface area contributed by atoms with Crippen LogP contribution in [0, 0.1) is 17.1 Å². The van der Waals surface area contributed by atoms with Crippen LogP contribution in [-0.2, 0) is 17.1 Å². The van der Waals surface area contributed by atoms with Crippen molar-refractivity contribution in [3.63, 3.8) is 0 Å². The number of aromatic nitrogens is 2. The van der Waals surface area contributed by atoms with Crippen molar-refractivity contribution in [1.82, 2.24) is 9.78 Å². The third kappa shape index (κ3) is 3.56. The number of hydrogen-bond donors (Lipinski definition) is 2. The molecule has 8 nitrogen and oxygen atoms in total. The number of carboxylic acid groups (broad SMARTS) is 1. The van der Waals surface area contributed by atoms with E-state index in [1.165, 1.54) is 43.4 Å². The fraction of sp³-hybridized carbons (Fsp3) is 0.0556. The SMILES string of the molecule is Cn1nc(-c2ccc(F)cc2)c(NS(=O)(=O)c2ccc(C#N)cc2)c1C(=O)O. The van der Waals surface area contributed by atoms with Gasteiger partial charge < -0.3 is 5.11 Å². The van der Waals surface area contributed by atoms with E-state index >= 15 is 0 Å². The summed E-state index contributed by atoms with van der Waals surface area (Å²) in [4.78, 5) is 11.5. The van der Waals surface area contributed by atoms with Crippen LogP contribution in [0.1, 0.15) is 16.1 Å². The molecular formula is C18H13FN4O4S. The smallest absolute Gasteiger partial charge is 0.356 e. The van der Waals surface area contributed by atoms with E-state index in [9.17, 15) is 22.7 Å². The zero-order chi connectivity index (χ0) is 20.5. The number of anilines is 1. The van der Waals surface area contributed by atoms with Crippen LogP contribution in [0.5, 0.6) is 0 Å². The summed E-state index contributed by atoms with van der Waals surface area (Å²) in [7, 11) is -2.81. The standard InChI is InChI=1S/C18H13FN4O4S/c1-23-17(18(24)25)16(15(21-23)12-4-6-13(19)7-5-12)22-28(26,27)14-8-2-11(10-20)3-9-14/h2-9,22H,1H3,(H,24,25). The topological polar surface area (TPSA) is 125 Å². The van der Waals surface area contributed by atoms with Gasteiger partial charge in [0.1, 0.15) is 17.2 Å². The highest BCUT2D eigenvalue weighted by Gasteiger charge is 2.27. The number of nitrogens with one attached hydrogen (secondary N) is 1. The van der Waals surface area contributed by atoms with E-state index < -0.39 is 21.8 Å². The van der Waals surface area contributed by atoms with E-state index in [1.807, 2.05) is 6.07 Å². The first-order chi connectivity index (χ1) is 13.2. The van der Waals surface area contributed by atoms with Gasteiger partial charge in [-0.2, -0.15) is 10.4 Å². The molecule has 0 saturated carbocycles. The van der Waals surface area contributed by atoms with Crippen LogP contribution in [0.3, 0.4) is 0 Å². The van der Waals surface area contributed by atoms with Gasteiger partial charge in [-0.05, 0) is 48.5 Å². The van der Waals surface area contributed by atoms with Gasteiger partial charge in [0.05, 0.1) is 16.5 Å². The highest BCUT2D eigenvalue weighted by Crippen LogP contribution is 2.32. The average Bonchev–Trinajstić information content (AvgIpc) is 2.98. The number of aryl methyl sites for hydroxylation is 1. The highest BCUT2D eigenvalue weighted by molar-refractivity contribution is 7.92. The van der Waals surface area contributed by atoms with Crippen LogP contribution >= 0.6 is 0 Å². The summed E-state index contributed by atoms with van der Waals surface area (Å²) in [6.07, 6.45) is 0. The third-order valence-electron chi connectivity index (χ3n) is 3.90. The zero-order valence-electron chi connectivity index (χ0n) is 14.4. The Kier molecular flexibility index (Phi) is 4.85. The van der Waals surface area contributed by atoms with E-state index in [-0.39, 0.29) is 27.5 Å². The fourth-order valence-electron chi connectivity index (χ4n) is 2.58. The quantitative estimate of drug-likeness (QED) is 0.678. The molecule has 10 heteroatoms. The predicted molar refractivity (Wildman–Crippen MR) is 97.5 cm³/mol. The summed E-state index contributed by atoms with van der Waals surface area (Å²) in [5, 5.41) is 22.4. The van der Waals surface area contributed by atoms with Crippen molar-refractivity contribution in [2.45, 2.75) is 4.90 Å². The number of sulfonamides is 1. The van der Waals surface area contributed by atoms with E-state index in [2.05, 4.69) is 9.82 Å². The number of halogens is 1. The summed E-state index contributed by atoms with van der Waals surface area (Å²) >= 11 is 0. The van der Waals surface area contributed by atoms with Gasteiger partial charge in [0.2, 0.25) is 0 Å². The van der Waals surface area contributed by atoms with Gasteiger partial charge in [-0.3, -0.25) is 9.40 Å². The molecule has 0 radical (unpaired) electrons. The van der Waals surface area contributed by atoms with E-state index in [0.717, 1.165) is 16.8 Å². The molecule has 0 aliphatic heterocycles. The molecule has 2 aromatic carbocycles. The Morgan fingerprint density at radius 2 is 1.79 bits per heavy atom. The largest absolute Gasteiger partial charge is 0.476 e. The molecule has 0 amide bonds. The molecule has 0 aliphatic rings. The van der Waals surface area contributed by atoms with Gasteiger partial charge in [-0.25, -0.2) is 17.6 Å². The number of aromatic carboxylic acids is 1. The van der Waals surface area contributed by atoms with E-state index in [1.54, 1.807) is 0 Å². The van der Waals surface area contributed by atoms with Gasteiger partial charge in [-0.1, -0.05) is 0 Å². The minimum atomic E-state index is -4.17. The molecule has 0 saturated heterocycles. The molecule has 0 bridgehead atoms. The lowest BCUT2D eigenvalue weighted by atomic mass is 10.1. The van der Waals surface area contributed by atoms with Gasteiger partial charge >= 0.3 is 5.97 Å². The lowest BCUT2D eigenvalue weighted by Gasteiger charge is -2.10. The van der Waals surface area contributed by atoms with Gasteiger partial charge in [0.25, 0.3) is 10.0 Å². The van der Waals surface area contributed by atoms with Gasteiger partial charge in [-0.15, -0.1) is 0 Å². The Morgan fingerprint density at radius 3 is 2.32 bits per heavy atom. The number of rotatable bonds is 5. The number of carbonyl (C=O) groups is 1. The Hall–Kier alpha value is -3.71. The Bertz CT molecular complexity index is 1190. The van der Waals surface area contributed by atoms with E-state index in [0.29, 0.717) is 5.56 Å². The van der Waals surface area contributed by atoms with Crippen molar-refractivity contribution in [2.24, 2.45) is 7.05 Å². The highest BCUT2D eigenvalue weighted by atomic mass is 32.2. The molecule has 28 heavy (non-hydrogen) atoms. The average molecular weight is 400 g/mol. The number of benzene rings is 2. The number of hydrogen-bond acceptors (Lipinski definition) is 5. The minimum Gasteiger partial charge on any atom is -0.476 e. The first-order valence-corrected chi connectivity index (χ1v) is 9.30. The van der Waals surface area contributed by atoms with Crippen molar-refractivity contribution >= 4 is 21.7 Å². The molecule has 1 aromatic heterocycles. The molecule has 0 spiro atoms. The van der Waals surface area contributed by atoms with Crippen LogP contribution in [0.15, 0.2) is 53.4 Å². The summed E-state index contributed by atoms with van der Waals surface area (Å²) in [6.45, 7) is 0. The van der Waals surface area contributed by atoms with Gasteiger partial charge in [0, 0.05) is 12.6 Å². The molecule has 0 aliphatic carbocycles. The van der Waals surface area contributed by atoms with Crippen LogP contribution < -0.4 is 4.72 Å². The molecule has 0 fully saturated rings. The van der Waals surface area contributed by atoms with Crippen molar-refractivity contribution in [1.29, 1.82) is 5.26 Å². The number of nitriles is 1. The zero-order valence-corrected chi connectivity index (χ0v) is 15.2. The normalized spacial score (nSPS) is 11.0. The summed E-state index contributed by atoms with van der Waals surface area (Å²) in [5.74, 6) is -1.89. The summed E-state index contributed by atoms with van der Waals surface area (Å²) in [6, 6.07) is 12.0. The first kappa shape index (κ1) is 19.1. The second-order valence-electron chi connectivity index (χ2n) is 5.75. The van der Waals surface area contributed by atoms with Crippen molar-refractivity contribution in [3.8, 4) is 17.3 Å². The Balaban J connectivity index is 2.12. The molecule has 0 unspecified atom stereocenters. The number of carboxylic acids is 1. The van der Waals surface area contributed by atoms with Crippen molar-refractivity contribution in [2.75, 3.05) is 4.72 Å². The predicted octanol–water partition coefficient (Wildman–Crippen LogP) is 2.60. The minimum absolute atomic E-state index is 0.0390. The van der Waals surface area contributed by atoms with Gasteiger partial charge in [0.15, 0.2) is 5.69 Å². The van der Waals surface area contributed by atoms with Crippen LogP contribution in [0.4, 0.5) is 10.1 Å². The van der Waals surface area contributed by atoms with E-state index in [4.69, 9.17) is 5.26 Å². The van der Waals surface area contributed by atoms with Crippen LogP contribution in [-0.4, -0.2) is 29.3 Å².